The lowest BCUT2D eigenvalue weighted by atomic mass is 9.87. The minimum Gasteiger partial charge on any atom is -0.481 e. The third-order valence-corrected chi connectivity index (χ3v) is 3.98. The molecular formula is C17H27NO3. The number of hydrogen-bond acceptors (Lipinski definition) is 3. The van der Waals surface area contributed by atoms with Gasteiger partial charge in [0.05, 0.1) is 6.10 Å². The molecule has 118 valence electrons. The molecular weight excluding hydrogens is 266 g/mol. The molecule has 1 aromatic rings. The van der Waals surface area contributed by atoms with E-state index in [0.717, 1.165) is 6.54 Å². The van der Waals surface area contributed by atoms with Crippen molar-refractivity contribution in [3.8, 4) is 0 Å². The van der Waals surface area contributed by atoms with Gasteiger partial charge in [-0.2, -0.15) is 0 Å². The smallest absolute Gasteiger partial charge is 0.303 e. The predicted molar refractivity (Wildman–Crippen MR) is 84.0 cm³/mol. The second-order valence-corrected chi connectivity index (χ2v) is 5.89. The van der Waals surface area contributed by atoms with E-state index in [0.29, 0.717) is 31.2 Å². The number of aliphatic carboxylic acids is 1. The number of carboxylic acids is 1. The van der Waals surface area contributed by atoms with Crippen molar-refractivity contribution < 1.29 is 15.0 Å². The largest absolute Gasteiger partial charge is 0.481 e. The maximum absolute atomic E-state index is 10.6. The molecule has 1 rings (SSSR count). The molecule has 0 saturated carbocycles. The fourth-order valence-electron chi connectivity index (χ4n) is 2.36. The van der Waals surface area contributed by atoms with Crippen LogP contribution in [0.2, 0.25) is 0 Å². The van der Waals surface area contributed by atoms with Crippen LogP contribution in [0.1, 0.15) is 38.7 Å². The normalized spacial score (nSPS) is 15.4. The van der Waals surface area contributed by atoms with Gasteiger partial charge in [0, 0.05) is 19.5 Å². The van der Waals surface area contributed by atoms with E-state index in [9.17, 15) is 9.90 Å². The van der Waals surface area contributed by atoms with E-state index in [1.807, 2.05) is 18.2 Å². The predicted octanol–water partition coefficient (Wildman–Crippen LogP) is 2.66. The van der Waals surface area contributed by atoms with Gasteiger partial charge in [-0.05, 0) is 30.2 Å². The molecule has 0 saturated heterocycles. The van der Waals surface area contributed by atoms with Crippen molar-refractivity contribution in [2.24, 2.45) is 11.8 Å². The summed E-state index contributed by atoms with van der Waals surface area (Å²) in [5, 5.41) is 22.0. The van der Waals surface area contributed by atoms with Crippen molar-refractivity contribution in [1.29, 1.82) is 0 Å². The molecule has 3 N–H and O–H groups in total. The summed E-state index contributed by atoms with van der Waals surface area (Å²) in [7, 11) is 0. The van der Waals surface area contributed by atoms with Crippen LogP contribution >= 0.6 is 0 Å². The minimum atomic E-state index is -0.751. The number of rotatable bonds is 10. The summed E-state index contributed by atoms with van der Waals surface area (Å²) in [6.07, 6.45) is 1.17. The van der Waals surface area contributed by atoms with Crippen LogP contribution in [0, 0.1) is 11.8 Å². The number of carboxylic acid groups (broad SMARTS) is 1. The maximum atomic E-state index is 10.6. The van der Waals surface area contributed by atoms with Gasteiger partial charge in [0.25, 0.3) is 0 Å². The minimum absolute atomic E-state index is 0.202. The fourth-order valence-corrected chi connectivity index (χ4v) is 2.36. The molecule has 4 heteroatoms. The summed E-state index contributed by atoms with van der Waals surface area (Å²) >= 11 is 0. The first-order valence-electron chi connectivity index (χ1n) is 7.63. The lowest BCUT2D eigenvalue weighted by molar-refractivity contribution is -0.137. The van der Waals surface area contributed by atoms with Crippen molar-refractivity contribution in [3.63, 3.8) is 0 Å². The number of aliphatic hydroxyl groups excluding tert-OH is 1. The quantitative estimate of drug-likeness (QED) is 0.620. The zero-order valence-corrected chi connectivity index (χ0v) is 13.0. The van der Waals surface area contributed by atoms with Gasteiger partial charge in [-0.3, -0.25) is 4.79 Å². The Morgan fingerprint density at radius 1 is 1.19 bits per heavy atom. The van der Waals surface area contributed by atoms with E-state index in [1.54, 1.807) is 0 Å². The first kappa shape index (κ1) is 17.7. The highest BCUT2D eigenvalue weighted by Gasteiger charge is 2.17. The second kappa shape index (κ2) is 9.53. The molecule has 21 heavy (non-hydrogen) atoms. The van der Waals surface area contributed by atoms with Crippen molar-refractivity contribution in [1.82, 2.24) is 5.32 Å². The average Bonchev–Trinajstić information content (AvgIpc) is 2.45. The zero-order chi connectivity index (χ0) is 15.7. The Hall–Kier alpha value is -1.39. The van der Waals surface area contributed by atoms with Crippen LogP contribution in [0.5, 0.6) is 0 Å². The Morgan fingerprint density at radius 3 is 2.48 bits per heavy atom. The van der Waals surface area contributed by atoms with E-state index in [1.165, 1.54) is 5.56 Å². The molecule has 0 spiro atoms. The number of carbonyl (C=O) groups is 1. The van der Waals surface area contributed by atoms with Gasteiger partial charge in [0.2, 0.25) is 0 Å². The first-order chi connectivity index (χ1) is 9.99. The number of nitrogens with one attached hydrogen (secondary N) is 1. The molecule has 0 aliphatic carbocycles. The van der Waals surface area contributed by atoms with Crippen LogP contribution in [-0.4, -0.2) is 28.8 Å². The Morgan fingerprint density at radius 2 is 1.86 bits per heavy atom. The van der Waals surface area contributed by atoms with Gasteiger partial charge in [-0.1, -0.05) is 44.2 Å². The van der Waals surface area contributed by atoms with Crippen LogP contribution in [0.4, 0.5) is 0 Å². The van der Waals surface area contributed by atoms with Gasteiger partial charge in [-0.25, -0.2) is 0 Å². The zero-order valence-electron chi connectivity index (χ0n) is 13.0. The number of benzene rings is 1. The summed E-state index contributed by atoms with van der Waals surface area (Å²) in [5.74, 6) is -0.123. The Labute approximate surface area is 127 Å². The van der Waals surface area contributed by atoms with Gasteiger partial charge in [-0.15, -0.1) is 0 Å². The summed E-state index contributed by atoms with van der Waals surface area (Å²) in [4.78, 5) is 10.6. The Balaban J connectivity index is 2.20. The molecule has 3 atom stereocenters. The SMILES string of the molecule is CC(CCC(=O)O)C(C)CC(O)CNCc1ccccc1. The Bertz CT molecular complexity index is 408. The van der Waals surface area contributed by atoms with Gasteiger partial charge < -0.3 is 15.5 Å². The average molecular weight is 293 g/mol. The number of hydrogen-bond donors (Lipinski definition) is 3. The van der Waals surface area contributed by atoms with Crippen molar-refractivity contribution in [2.45, 2.75) is 45.8 Å². The molecule has 0 fully saturated rings. The molecule has 0 amide bonds. The van der Waals surface area contributed by atoms with Gasteiger partial charge in [0.15, 0.2) is 0 Å². The van der Waals surface area contributed by atoms with Crippen molar-refractivity contribution in [3.05, 3.63) is 35.9 Å². The summed E-state index contributed by atoms with van der Waals surface area (Å²) in [6, 6.07) is 10.1. The van der Waals surface area contributed by atoms with E-state index in [2.05, 4.69) is 31.3 Å². The summed E-state index contributed by atoms with van der Waals surface area (Å²) in [5.41, 5.74) is 1.20. The molecule has 0 radical (unpaired) electrons. The van der Waals surface area contributed by atoms with Crippen LogP contribution in [0.25, 0.3) is 0 Å². The monoisotopic (exact) mass is 293 g/mol. The van der Waals surface area contributed by atoms with Gasteiger partial charge in [0.1, 0.15) is 0 Å². The Kier molecular flexibility index (Phi) is 8.01. The highest BCUT2D eigenvalue weighted by atomic mass is 16.4. The van der Waals surface area contributed by atoms with Crippen molar-refractivity contribution in [2.75, 3.05) is 6.54 Å². The van der Waals surface area contributed by atoms with E-state index >= 15 is 0 Å². The van der Waals surface area contributed by atoms with Gasteiger partial charge >= 0.3 is 5.97 Å². The van der Waals surface area contributed by atoms with E-state index in [4.69, 9.17) is 5.11 Å². The summed E-state index contributed by atoms with van der Waals surface area (Å²) in [6.45, 7) is 5.44. The second-order valence-electron chi connectivity index (χ2n) is 5.89. The van der Waals surface area contributed by atoms with Crippen LogP contribution in [0.15, 0.2) is 30.3 Å². The first-order valence-corrected chi connectivity index (χ1v) is 7.63. The van der Waals surface area contributed by atoms with Crippen LogP contribution in [0.3, 0.4) is 0 Å². The van der Waals surface area contributed by atoms with E-state index in [-0.39, 0.29) is 6.42 Å². The maximum Gasteiger partial charge on any atom is 0.303 e. The lowest BCUT2D eigenvalue weighted by Crippen LogP contribution is -2.29. The molecule has 0 heterocycles. The molecule has 4 nitrogen and oxygen atoms in total. The fraction of sp³-hybridized carbons (Fsp3) is 0.588. The lowest BCUT2D eigenvalue weighted by Gasteiger charge is -2.22. The topological polar surface area (TPSA) is 69.6 Å². The molecule has 0 aliphatic rings. The third kappa shape index (κ3) is 7.83. The molecule has 1 aromatic carbocycles. The highest BCUT2D eigenvalue weighted by Crippen LogP contribution is 2.21. The third-order valence-electron chi connectivity index (χ3n) is 3.98. The molecule has 0 bridgehead atoms. The standard InChI is InChI=1S/C17H27NO3/c1-13(8-9-17(20)21)14(2)10-16(19)12-18-11-15-6-4-3-5-7-15/h3-7,13-14,16,18-19H,8-12H2,1-2H3,(H,20,21). The highest BCUT2D eigenvalue weighted by molar-refractivity contribution is 5.66. The molecule has 0 aliphatic heterocycles. The van der Waals surface area contributed by atoms with Crippen LogP contribution in [-0.2, 0) is 11.3 Å². The number of aliphatic hydroxyl groups is 1. The molecule has 3 unspecified atom stereocenters. The van der Waals surface area contributed by atoms with Crippen molar-refractivity contribution >= 4 is 5.97 Å². The summed E-state index contributed by atoms with van der Waals surface area (Å²) < 4.78 is 0. The van der Waals surface area contributed by atoms with E-state index < -0.39 is 12.1 Å². The van der Waals surface area contributed by atoms with Crippen LogP contribution < -0.4 is 5.32 Å². The molecule has 0 aromatic heterocycles.